The van der Waals surface area contributed by atoms with Gasteiger partial charge in [0.2, 0.25) is 0 Å². The van der Waals surface area contributed by atoms with Gasteiger partial charge in [-0.05, 0) is 42.7 Å². The number of hydrogen-bond donors (Lipinski definition) is 1. The van der Waals surface area contributed by atoms with Crippen LogP contribution in [0, 0.1) is 12.3 Å². The Morgan fingerprint density at radius 3 is 2.33 bits per heavy atom. The van der Waals surface area contributed by atoms with Crippen LogP contribution in [0.1, 0.15) is 44.2 Å². The average molecular weight is 204 g/mol. The number of aliphatic hydroxyl groups is 1. The first-order valence-electron chi connectivity index (χ1n) is 5.72. The van der Waals surface area contributed by atoms with Crippen LogP contribution in [0.15, 0.2) is 24.3 Å². The predicted molar refractivity (Wildman–Crippen MR) is 62.7 cm³/mol. The van der Waals surface area contributed by atoms with Crippen molar-refractivity contribution in [1.29, 1.82) is 0 Å². The molecule has 0 radical (unpaired) electrons. The smallest absolute Gasteiger partial charge is 0.0904 e. The van der Waals surface area contributed by atoms with Gasteiger partial charge in [0, 0.05) is 0 Å². The summed E-state index contributed by atoms with van der Waals surface area (Å²) in [4.78, 5) is 0. The standard InChI is InChI=1S/C14H20O/c1-11-6-4-5-7-12(11)14(15)9-8-13(2,3)10-14/h4-7,15H,8-10H2,1-3H3/t14-/m0/s1. The van der Waals surface area contributed by atoms with Crippen LogP contribution in [-0.2, 0) is 5.60 Å². The highest BCUT2D eigenvalue weighted by atomic mass is 16.3. The molecule has 1 aliphatic carbocycles. The lowest BCUT2D eigenvalue weighted by Gasteiger charge is -2.27. The van der Waals surface area contributed by atoms with Crippen molar-refractivity contribution in [1.82, 2.24) is 0 Å². The SMILES string of the molecule is Cc1ccccc1[C@]1(O)CCC(C)(C)C1. The van der Waals surface area contributed by atoms with Crippen molar-refractivity contribution in [3.05, 3.63) is 35.4 Å². The molecule has 82 valence electrons. The highest BCUT2D eigenvalue weighted by Gasteiger charge is 2.43. The van der Waals surface area contributed by atoms with Crippen molar-refractivity contribution >= 4 is 0 Å². The first kappa shape index (κ1) is 10.7. The van der Waals surface area contributed by atoms with Crippen LogP contribution in [0.3, 0.4) is 0 Å². The molecule has 15 heavy (non-hydrogen) atoms. The molecule has 1 saturated carbocycles. The molecule has 1 aliphatic rings. The zero-order valence-corrected chi connectivity index (χ0v) is 9.88. The van der Waals surface area contributed by atoms with E-state index in [0.717, 1.165) is 24.8 Å². The van der Waals surface area contributed by atoms with Crippen molar-refractivity contribution < 1.29 is 5.11 Å². The van der Waals surface area contributed by atoms with Gasteiger partial charge in [-0.3, -0.25) is 0 Å². The summed E-state index contributed by atoms with van der Waals surface area (Å²) in [5, 5.41) is 10.7. The van der Waals surface area contributed by atoms with Gasteiger partial charge in [0.15, 0.2) is 0 Å². The number of hydrogen-bond acceptors (Lipinski definition) is 1. The second-order valence-corrected chi connectivity index (χ2v) is 5.69. The molecule has 0 amide bonds. The van der Waals surface area contributed by atoms with E-state index in [0.29, 0.717) is 0 Å². The lowest BCUT2D eigenvalue weighted by molar-refractivity contribution is 0.0332. The fourth-order valence-electron chi connectivity index (χ4n) is 2.84. The Kier molecular flexibility index (Phi) is 2.38. The Morgan fingerprint density at radius 2 is 1.80 bits per heavy atom. The van der Waals surface area contributed by atoms with Crippen LogP contribution < -0.4 is 0 Å². The van der Waals surface area contributed by atoms with Gasteiger partial charge in [-0.15, -0.1) is 0 Å². The van der Waals surface area contributed by atoms with E-state index in [1.807, 2.05) is 12.1 Å². The first-order chi connectivity index (χ1) is 6.93. The summed E-state index contributed by atoms with van der Waals surface area (Å²) in [6, 6.07) is 8.20. The summed E-state index contributed by atoms with van der Waals surface area (Å²) in [6.07, 6.45) is 2.88. The molecular formula is C14H20O. The molecule has 0 spiro atoms. The Morgan fingerprint density at radius 1 is 1.13 bits per heavy atom. The van der Waals surface area contributed by atoms with Gasteiger partial charge >= 0.3 is 0 Å². The van der Waals surface area contributed by atoms with Crippen LogP contribution in [-0.4, -0.2) is 5.11 Å². The number of rotatable bonds is 1. The molecule has 1 aromatic rings. The molecular weight excluding hydrogens is 184 g/mol. The number of aryl methyl sites for hydroxylation is 1. The molecule has 1 atom stereocenters. The molecule has 0 bridgehead atoms. The third kappa shape index (κ3) is 1.93. The highest BCUT2D eigenvalue weighted by Crippen LogP contribution is 2.49. The van der Waals surface area contributed by atoms with E-state index in [1.165, 1.54) is 5.56 Å². The monoisotopic (exact) mass is 204 g/mol. The van der Waals surface area contributed by atoms with Crippen molar-refractivity contribution in [3.8, 4) is 0 Å². The molecule has 2 rings (SSSR count). The Labute approximate surface area is 92.1 Å². The molecule has 0 aromatic heterocycles. The van der Waals surface area contributed by atoms with E-state index in [-0.39, 0.29) is 5.41 Å². The van der Waals surface area contributed by atoms with E-state index in [2.05, 4.69) is 32.9 Å². The van der Waals surface area contributed by atoms with Gasteiger partial charge in [-0.25, -0.2) is 0 Å². The minimum Gasteiger partial charge on any atom is -0.385 e. The second-order valence-electron chi connectivity index (χ2n) is 5.69. The maximum Gasteiger partial charge on any atom is 0.0904 e. The van der Waals surface area contributed by atoms with Gasteiger partial charge in [0.05, 0.1) is 5.60 Å². The van der Waals surface area contributed by atoms with E-state index in [1.54, 1.807) is 0 Å². The molecule has 0 aliphatic heterocycles. The Bertz CT molecular complexity index is 367. The van der Waals surface area contributed by atoms with Crippen LogP contribution in [0.4, 0.5) is 0 Å². The third-order valence-corrected chi connectivity index (χ3v) is 3.63. The minimum atomic E-state index is -0.588. The minimum absolute atomic E-state index is 0.275. The third-order valence-electron chi connectivity index (χ3n) is 3.63. The lowest BCUT2D eigenvalue weighted by Crippen LogP contribution is -2.24. The fraction of sp³-hybridized carbons (Fsp3) is 0.571. The van der Waals surface area contributed by atoms with Gasteiger partial charge in [0.25, 0.3) is 0 Å². The van der Waals surface area contributed by atoms with E-state index in [4.69, 9.17) is 0 Å². The van der Waals surface area contributed by atoms with Gasteiger partial charge in [-0.2, -0.15) is 0 Å². The normalized spacial score (nSPS) is 29.3. The zero-order valence-electron chi connectivity index (χ0n) is 9.88. The van der Waals surface area contributed by atoms with Crippen LogP contribution in [0.2, 0.25) is 0 Å². The topological polar surface area (TPSA) is 20.2 Å². The van der Waals surface area contributed by atoms with E-state index < -0.39 is 5.60 Å². The largest absolute Gasteiger partial charge is 0.385 e. The van der Waals surface area contributed by atoms with E-state index >= 15 is 0 Å². The zero-order chi connectivity index (χ0) is 11.1. The summed E-state index contributed by atoms with van der Waals surface area (Å²) in [5.74, 6) is 0. The molecule has 1 fully saturated rings. The van der Waals surface area contributed by atoms with Crippen LogP contribution >= 0.6 is 0 Å². The van der Waals surface area contributed by atoms with Crippen molar-refractivity contribution in [2.24, 2.45) is 5.41 Å². The Hall–Kier alpha value is -0.820. The lowest BCUT2D eigenvalue weighted by atomic mass is 9.84. The molecule has 1 nitrogen and oxygen atoms in total. The fourth-order valence-corrected chi connectivity index (χ4v) is 2.84. The molecule has 1 aromatic carbocycles. The predicted octanol–water partition coefficient (Wildman–Crippen LogP) is 3.39. The van der Waals surface area contributed by atoms with Gasteiger partial charge in [-0.1, -0.05) is 38.1 Å². The highest BCUT2D eigenvalue weighted by molar-refractivity contribution is 5.32. The molecule has 1 heteroatoms. The first-order valence-corrected chi connectivity index (χ1v) is 5.72. The Balaban J connectivity index is 2.36. The second kappa shape index (κ2) is 3.34. The quantitative estimate of drug-likeness (QED) is 0.743. The molecule has 1 N–H and O–H groups in total. The summed E-state index contributed by atoms with van der Waals surface area (Å²) in [7, 11) is 0. The van der Waals surface area contributed by atoms with Crippen molar-refractivity contribution in [3.63, 3.8) is 0 Å². The maximum absolute atomic E-state index is 10.7. The summed E-state index contributed by atoms with van der Waals surface area (Å²) < 4.78 is 0. The van der Waals surface area contributed by atoms with Crippen molar-refractivity contribution in [2.75, 3.05) is 0 Å². The summed E-state index contributed by atoms with van der Waals surface area (Å²) in [5.41, 5.74) is 2.01. The molecule has 0 unspecified atom stereocenters. The molecule has 0 heterocycles. The molecule has 0 saturated heterocycles. The van der Waals surface area contributed by atoms with Crippen molar-refractivity contribution in [2.45, 2.75) is 45.6 Å². The summed E-state index contributed by atoms with van der Waals surface area (Å²) >= 11 is 0. The van der Waals surface area contributed by atoms with Crippen LogP contribution in [0.25, 0.3) is 0 Å². The van der Waals surface area contributed by atoms with Crippen LogP contribution in [0.5, 0.6) is 0 Å². The number of benzene rings is 1. The maximum atomic E-state index is 10.7. The van der Waals surface area contributed by atoms with Gasteiger partial charge in [0.1, 0.15) is 0 Å². The van der Waals surface area contributed by atoms with E-state index in [9.17, 15) is 5.11 Å². The summed E-state index contributed by atoms with van der Waals surface area (Å²) in [6.45, 7) is 6.56. The average Bonchev–Trinajstić information content (AvgIpc) is 2.42. The van der Waals surface area contributed by atoms with Gasteiger partial charge < -0.3 is 5.11 Å².